The number of aromatic nitrogens is 3. The summed E-state index contributed by atoms with van der Waals surface area (Å²) in [6.45, 7) is 0.664. The summed E-state index contributed by atoms with van der Waals surface area (Å²) in [6, 6.07) is 9.41. The van der Waals surface area contributed by atoms with Crippen molar-refractivity contribution in [2.75, 3.05) is 25.1 Å². The molecule has 0 aliphatic carbocycles. The van der Waals surface area contributed by atoms with Crippen LogP contribution >= 0.6 is 0 Å². The minimum absolute atomic E-state index is 0.0567. The van der Waals surface area contributed by atoms with Gasteiger partial charge in [-0.25, -0.2) is 5.10 Å². The molecule has 0 spiro atoms. The van der Waals surface area contributed by atoms with Gasteiger partial charge in [0.05, 0.1) is 6.61 Å². The SMILES string of the molecule is O=C(COCCOc1ccccc1)Nc1ncn[nH]1. The van der Waals surface area contributed by atoms with Gasteiger partial charge in [0.1, 0.15) is 25.3 Å². The Labute approximate surface area is 110 Å². The van der Waals surface area contributed by atoms with Gasteiger partial charge < -0.3 is 9.47 Å². The van der Waals surface area contributed by atoms with Gasteiger partial charge in [-0.1, -0.05) is 18.2 Å². The van der Waals surface area contributed by atoms with Crippen LogP contribution in [0.4, 0.5) is 5.95 Å². The van der Waals surface area contributed by atoms with Crippen molar-refractivity contribution in [3.8, 4) is 5.75 Å². The van der Waals surface area contributed by atoms with Crippen LogP contribution in [-0.4, -0.2) is 40.9 Å². The highest BCUT2D eigenvalue weighted by Gasteiger charge is 2.03. The number of rotatable bonds is 7. The van der Waals surface area contributed by atoms with Crippen LogP contribution in [0.3, 0.4) is 0 Å². The Hall–Kier alpha value is -2.41. The van der Waals surface area contributed by atoms with E-state index in [4.69, 9.17) is 9.47 Å². The van der Waals surface area contributed by atoms with Crippen molar-refractivity contribution in [2.45, 2.75) is 0 Å². The molecule has 0 bridgehead atoms. The minimum Gasteiger partial charge on any atom is -0.491 e. The molecule has 1 heterocycles. The Bertz CT molecular complexity index is 487. The van der Waals surface area contributed by atoms with Crippen LogP contribution < -0.4 is 10.1 Å². The standard InChI is InChI=1S/C12H14N4O3/c17-11(15-12-13-9-14-16-12)8-18-6-7-19-10-4-2-1-3-5-10/h1-5,9H,6-8H2,(H2,13,14,15,16,17). The fourth-order valence-corrected chi connectivity index (χ4v) is 1.33. The third-order valence-corrected chi connectivity index (χ3v) is 2.15. The summed E-state index contributed by atoms with van der Waals surface area (Å²) >= 11 is 0. The number of nitrogens with one attached hydrogen (secondary N) is 2. The Morgan fingerprint density at radius 2 is 2.11 bits per heavy atom. The zero-order chi connectivity index (χ0) is 13.3. The molecule has 0 atom stereocenters. The third kappa shape index (κ3) is 4.76. The topological polar surface area (TPSA) is 89.1 Å². The van der Waals surface area contributed by atoms with Crippen LogP contribution in [0.1, 0.15) is 0 Å². The van der Waals surface area contributed by atoms with Gasteiger partial charge in [0.15, 0.2) is 0 Å². The molecule has 2 N–H and O–H groups in total. The van der Waals surface area contributed by atoms with Crippen LogP contribution in [-0.2, 0) is 9.53 Å². The summed E-state index contributed by atoms with van der Waals surface area (Å²) < 4.78 is 10.6. The maximum absolute atomic E-state index is 11.4. The van der Waals surface area contributed by atoms with Crippen molar-refractivity contribution in [2.24, 2.45) is 0 Å². The highest BCUT2D eigenvalue weighted by atomic mass is 16.5. The summed E-state index contributed by atoms with van der Waals surface area (Å²) in [5.41, 5.74) is 0. The molecular formula is C12H14N4O3. The van der Waals surface area contributed by atoms with Crippen molar-refractivity contribution in [1.29, 1.82) is 0 Å². The van der Waals surface area contributed by atoms with Gasteiger partial charge in [-0.15, -0.1) is 0 Å². The lowest BCUT2D eigenvalue weighted by Gasteiger charge is -2.06. The predicted molar refractivity (Wildman–Crippen MR) is 67.8 cm³/mol. The number of para-hydroxylation sites is 1. The van der Waals surface area contributed by atoms with Crippen LogP contribution in [0, 0.1) is 0 Å². The molecule has 19 heavy (non-hydrogen) atoms. The zero-order valence-electron chi connectivity index (χ0n) is 10.2. The van der Waals surface area contributed by atoms with Crippen molar-refractivity contribution in [3.63, 3.8) is 0 Å². The summed E-state index contributed by atoms with van der Waals surface area (Å²) in [4.78, 5) is 15.1. The second kappa shape index (κ2) is 7.12. The molecule has 7 nitrogen and oxygen atoms in total. The zero-order valence-corrected chi connectivity index (χ0v) is 10.2. The molecule has 1 aromatic heterocycles. The van der Waals surface area contributed by atoms with E-state index in [2.05, 4.69) is 20.5 Å². The number of aromatic amines is 1. The molecule has 1 aromatic carbocycles. The highest BCUT2D eigenvalue weighted by molar-refractivity contribution is 5.89. The van der Waals surface area contributed by atoms with Crippen molar-refractivity contribution >= 4 is 11.9 Å². The van der Waals surface area contributed by atoms with Gasteiger partial charge in [-0.2, -0.15) is 10.1 Å². The summed E-state index contributed by atoms with van der Waals surface area (Å²) in [5.74, 6) is 0.780. The lowest BCUT2D eigenvalue weighted by atomic mass is 10.3. The Morgan fingerprint density at radius 3 is 2.84 bits per heavy atom. The van der Waals surface area contributed by atoms with E-state index in [9.17, 15) is 4.79 Å². The molecule has 0 saturated carbocycles. The van der Waals surface area contributed by atoms with E-state index >= 15 is 0 Å². The number of H-pyrrole nitrogens is 1. The second-order valence-corrected chi connectivity index (χ2v) is 3.60. The van der Waals surface area contributed by atoms with Crippen molar-refractivity contribution in [1.82, 2.24) is 15.2 Å². The predicted octanol–water partition coefficient (Wildman–Crippen LogP) is 0.839. The van der Waals surface area contributed by atoms with Crippen LogP contribution in [0.25, 0.3) is 0 Å². The Balaban J connectivity index is 1.56. The first-order valence-electron chi connectivity index (χ1n) is 5.75. The quantitative estimate of drug-likeness (QED) is 0.722. The molecule has 0 unspecified atom stereocenters. The van der Waals surface area contributed by atoms with E-state index < -0.39 is 0 Å². The molecule has 2 aromatic rings. The number of ether oxygens (including phenoxy) is 2. The number of hydrogen-bond acceptors (Lipinski definition) is 5. The maximum Gasteiger partial charge on any atom is 0.252 e. The van der Waals surface area contributed by atoms with E-state index in [1.54, 1.807) is 0 Å². The van der Waals surface area contributed by atoms with Gasteiger partial charge in [-0.3, -0.25) is 10.1 Å². The maximum atomic E-state index is 11.4. The lowest BCUT2D eigenvalue weighted by molar-refractivity contribution is -0.120. The summed E-state index contributed by atoms with van der Waals surface area (Å²) in [5, 5.41) is 8.62. The number of hydrogen-bond donors (Lipinski definition) is 2. The first-order valence-corrected chi connectivity index (χ1v) is 5.75. The molecule has 0 aliphatic rings. The number of carbonyl (C=O) groups is 1. The van der Waals surface area contributed by atoms with E-state index in [0.29, 0.717) is 19.2 Å². The number of amides is 1. The normalized spacial score (nSPS) is 10.1. The average Bonchev–Trinajstić information content (AvgIpc) is 2.92. The Morgan fingerprint density at radius 1 is 1.26 bits per heavy atom. The number of nitrogens with zero attached hydrogens (tertiary/aromatic N) is 2. The molecule has 0 fully saturated rings. The molecule has 100 valence electrons. The van der Waals surface area contributed by atoms with E-state index in [1.165, 1.54) is 6.33 Å². The summed E-state index contributed by atoms with van der Waals surface area (Å²) in [6.07, 6.45) is 1.31. The van der Waals surface area contributed by atoms with Gasteiger partial charge >= 0.3 is 0 Å². The molecule has 0 radical (unpaired) electrons. The van der Waals surface area contributed by atoms with Crippen LogP contribution in [0.5, 0.6) is 5.75 Å². The number of carbonyl (C=O) groups excluding carboxylic acids is 1. The van der Waals surface area contributed by atoms with Gasteiger partial charge in [0.25, 0.3) is 5.91 Å². The molecule has 0 aliphatic heterocycles. The lowest BCUT2D eigenvalue weighted by Crippen LogP contribution is -2.20. The van der Waals surface area contributed by atoms with Crippen molar-refractivity contribution in [3.05, 3.63) is 36.7 Å². The molecule has 1 amide bonds. The van der Waals surface area contributed by atoms with E-state index in [0.717, 1.165) is 5.75 Å². The monoisotopic (exact) mass is 262 g/mol. The third-order valence-electron chi connectivity index (χ3n) is 2.15. The van der Waals surface area contributed by atoms with Crippen molar-refractivity contribution < 1.29 is 14.3 Å². The largest absolute Gasteiger partial charge is 0.491 e. The fourth-order valence-electron chi connectivity index (χ4n) is 1.33. The summed E-state index contributed by atoms with van der Waals surface area (Å²) in [7, 11) is 0. The fraction of sp³-hybridized carbons (Fsp3) is 0.250. The first-order chi connectivity index (χ1) is 9.34. The molecule has 2 rings (SSSR count). The van der Waals surface area contributed by atoms with E-state index in [1.807, 2.05) is 30.3 Å². The molecule has 7 heteroatoms. The molecular weight excluding hydrogens is 248 g/mol. The van der Waals surface area contributed by atoms with Gasteiger partial charge in [0, 0.05) is 0 Å². The molecule has 0 saturated heterocycles. The smallest absolute Gasteiger partial charge is 0.252 e. The number of anilines is 1. The van der Waals surface area contributed by atoms with Gasteiger partial charge in [0.2, 0.25) is 5.95 Å². The highest BCUT2D eigenvalue weighted by Crippen LogP contribution is 2.07. The Kier molecular flexibility index (Phi) is 4.88. The number of benzene rings is 1. The van der Waals surface area contributed by atoms with E-state index in [-0.39, 0.29) is 12.5 Å². The van der Waals surface area contributed by atoms with Crippen LogP contribution in [0.2, 0.25) is 0 Å². The van der Waals surface area contributed by atoms with Gasteiger partial charge in [-0.05, 0) is 12.1 Å². The van der Waals surface area contributed by atoms with Crippen LogP contribution in [0.15, 0.2) is 36.7 Å². The average molecular weight is 262 g/mol. The first kappa shape index (κ1) is 13.0. The second-order valence-electron chi connectivity index (χ2n) is 3.60. The minimum atomic E-state index is -0.295.